The Labute approximate surface area is 162 Å². The third-order valence-corrected chi connectivity index (χ3v) is 4.37. The third kappa shape index (κ3) is 4.46. The van der Waals surface area contributed by atoms with Crippen molar-refractivity contribution in [1.29, 1.82) is 0 Å². The summed E-state index contributed by atoms with van der Waals surface area (Å²) in [5.41, 5.74) is 1.32. The van der Waals surface area contributed by atoms with Gasteiger partial charge in [0.15, 0.2) is 0 Å². The molecule has 0 fully saturated rings. The molecule has 1 unspecified atom stereocenters. The number of ether oxygens (including phenoxy) is 1. The lowest BCUT2D eigenvalue weighted by Crippen LogP contribution is -2.32. The number of amides is 1. The number of nitrogens with one attached hydrogen (secondary N) is 1. The van der Waals surface area contributed by atoms with Crippen LogP contribution in [0.2, 0.25) is 5.02 Å². The van der Waals surface area contributed by atoms with Gasteiger partial charge >= 0.3 is 0 Å². The normalized spacial score (nSPS) is 12.0. The van der Waals surface area contributed by atoms with Gasteiger partial charge in [0.25, 0.3) is 5.91 Å². The van der Waals surface area contributed by atoms with E-state index in [-0.39, 0.29) is 11.8 Å². The molecule has 1 heterocycles. The quantitative estimate of drug-likeness (QED) is 0.674. The molecule has 0 saturated carbocycles. The molecule has 1 amide bonds. The maximum atomic E-state index is 12.5. The zero-order chi connectivity index (χ0) is 19.4. The monoisotopic (exact) mass is 385 g/mol. The minimum atomic E-state index is -0.410. The second-order valence-electron chi connectivity index (χ2n) is 6.39. The highest BCUT2D eigenvalue weighted by Gasteiger charge is 2.25. The van der Waals surface area contributed by atoms with Gasteiger partial charge in [0.05, 0.1) is 7.11 Å². The van der Waals surface area contributed by atoms with Crippen LogP contribution in [0.25, 0.3) is 11.4 Å². The van der Waals surface area contributed by atoms with Crippen molar-refractivity contribution in [1.82, 2.24) is 15.5 Å². The van der Waals surface area contributed by atoms with Crippen LogP contribution in [0.3, 0.4) is 0 Å². The number of aromatic nitrogens is 2. The molecule has 3 rings (SSSR count). The number of benzene rings is 2. The summed E-state index contributed by atoms with van der Waals surface area (Å²) in [5, 5.41) is 7.57. The Hall–Kier alpha value is -2.86. The zero-order valence-electron chi connectivity index (χ0n) is 15.3. The van der Waals surface area contributed by atoms with Crippen molar-refractivity contribution in [3.63, 3.8) is 0 Å². The smallest absolute Gasteiger partial charge is 0.251 e. The summed E-state index contributed by atoms with van der Waals surface area (Å²) in [6.07, 6.45) is 0. The topological polar surface area (TPSA) is 77.3 Å². The van der Waals surface area contributed by atoms with E-state index in [1.165, 1.54) is 0 Å². The molecule has 0 saturated heterocycles. The van der Waals surface area contributed by atoms with Gasteiger partial charge in [0.2, 0.25) is 11.7 Å². The molecule has 1 aromatic heterocycles. The molecule has 2 aromatic carbocycles. The van der Waals surface area contributed by atoms with Gasteiger partial charge in [-0.1, -0.05) is 30.6 Å². The van der Waals surface area contributed by atoms with E-state index >= 15 is 0 Å². The van der Waals surface area contributed by atoms with Crippen LogP contribution in [0.1, 0.15) is 36.1 Å². The van der Waals surface area contributed by atoms with Gasteiger partial charge in [-0.15, -0.1) is 0 Å². The molecule has 0 aliphatic rings. The third-order valence-electron chi connectivity index (χ3n) is 4.12. The second-order valence-corrected chi connectivity index (χ2v) is 6.82. The summed E-state index contributed by atoms with van der Waals surface area (Å²) >= 11 is 5.88. The van der Waals surface area contributed by atoms with Crippen LogP contribution >= 0.6 is 11.6 Å². The summed E-state index contributed by atoms with van der Waals surface area (Å²) < 4.78 is 10.6. The summed E-state index contributed by atoms with van der Waals surface area (Å²) in [6.45, 7) is 3.95. The standard InChI is InChI=1S/C20H20ClN3O3/c1-12(2)17(22-19(25)14-4-8-15(21)9-5-14)20-23-18(24-27-20)13-6-10-16(26-3)11-7-13/h4-12,17H,1-3H3,(H,22,25). The first-order valence-corrected chi connectivity index (χ1v) is 8.90. The first-order chi connectivity index (χ1) is 13.0. The van der Waals surface area contributed by atoms with Crippen molar-refractivity contribution in [2.24, 2.45) is 5.92 Å². The lowest BCUT2D eigenvalue weighted by Gasteiger charge is -2.18. The van der Waals surface area contributed by atoms with Crippen molar-refractivity contribution in [2.75, 3.05) is 7.11 Å². The van der Waals surface area contributed by atoms with Crippen molar-refractivity contribution in [2.45, 2.75) is 19.9 Å². The van der Waals surface area contributed by atoms with Crippen molar-refractivity contribution < 1.29 is 14.1 Å². The fourth-order valence-corrected chi connectivity index (χ4v) is 2.68. The molecule has 1 atom stereocenters. The molecule has 140 valence electrons. The van der Waals surface area contributed by atoms with E-state index in [0.29, 0.717) is 22.3 Å². The van der Waals surface area contributed by atoms with Crippen LogP contribution in [-0.2, 0) is 0 Å². The molecule has 0 radical (unpaired) electrons. The molecular weight excluding hydrogens is 366 g/mol. The van der Waals surface area contributed by atoms with E-state index in [1.54, 1.807) is 31.4 Å². The van der Waals surface area contributed by atoms with E-state index < -0.39 is 6.04 Å². The molecule has 1 N–H and O–H groups in total. The SMILES string of the molecule is COc1ccc(-c2noc(C(NC(=O)c3ccc(Cl)cc3)C(C)C)n2)cc1. The highest BCUT2D eigenvalue weighted by Crippen LogP contribution is 2.25. The summed E-state index contributed by atoms with van der Waals surface area (Å²) in [4.78, 5) is 17.0. The fourth-order valence-electron chi connectivity index (χ4n) is 2.56. The second kappa shape index (κ2) is 8.22. The predicted octanol–water partition coefficient (Wildman–Crippen LogP) is 4.53. The zero-order valence-corrected chi connectivity index (χ0v) is 16.0. The van der Waals surface area contributed by atoms with Gasteiger partial charge in [-0.2, -0.15) is 4.98 Å². The van der Waals surface area contributed by atoms with Crippen LogP contribution in [0.4, 0.5) is 0 Å². The van der Waals surface area contributed by atoms with Gasteiger partial charge < -0.3 is 14.6 Å². The van der Waals surface area contributed by atoms with Crippen molar-refractivity contribution >= 4 is 17.5 Å². The highest BCUT2D eigenvalue weighted by atomic mass is 35.5. The van der Waals surface area contributed by atoms with Gasteiger partial charge in [0.1, 0.15) is 11.8 Å². The molecule has 0 aliphatic carbocycles. The first kappa shape index (κ1) is 18.9. The van der Waals surface area contributed by atoms with Gasteiger partial charge in [-0.25, -0.2) is 0 Å². The highest BCUT2D eigenvalue weighted by molar-refractivity contribution is 6.30. The summed E-state index contributed by atoms with van der Waals surface area (Å²) in [6, 6.07) is 13.6. The summed E-state index contributed by atoms with van der Waals surface area (Å²) in [5.74, 6) is 1.40. The molecular formula is C20H20ClN3O3. The molecule has 27 heavy (non-hydrogen) atoms. The van der Waals surface area contributed by atoms with E-state index in [0.717, 1.165) is 11.3 Å². The average Bonchev–Trinajstić information content (AvgIpc) is 3.16. The van der Waals surface area contributed by atoms with Crippen molar-refractivity contribution in [3.8, 4) is 17.1 Å². The Kier molecular flexibility index (Phi) is 5.76. The van der Waals surface area contributed by atoms with E-state index in [2.05, 4.69) is 15.5 Å². The largest absolute Gasteiger partial charge is 0.497 e. The molecule has 6 nitrogen and oxygen atoms in total. The number of carbonyl (C=O) groups is 1. The lowest BCUT2D eigenvalue weighted by atomic mass is 10.0. The van der Waals surface area contributed by atoms with E-state index in [1.807, 2.05) is 38.1 Å². The average molecular weight is 386 g/mol. The lowest BCUT2D eigenvalue weighted by molar-refractivity contribution is 0.0914. The van der Waals surface area contributed by atoms with Gasteiger partial charge in [0, 0.05) is 16.1 Å². The predicted molar refractivity (Wildman–Crippen MR) is 103 cm³/mol. The molecule has 7 heteroatoms. The Morgan fingerprint density at radius 2 is 1.78 bits per heavy atom. The molecule has 0 spiro atoms. The van der Waals surface area contributed by atoms with E-state index in [4.69, 9.17) is 20.9 Å². The minimum Gasteiger partial charge on any atom is -0.497 e. The maximum Gasteiger partial charge on any atom is 0.251 e. The number of hydrogen-bond acceptors (Lipinski definition) is 5. The minimum absolute atomic E-state index is 0.0606. The number of hydrogen-bond donors (Lipinski definition) is 1. The van der Waals surface area contributed by atoms with Gasteiger partial charge in [-0.05, 0) is 54.4 Å². The number of methoxy groups -OCH3 is 1. The van der Waals surface area contributed by atoms with Gasteiger partial charge in [-0.3, -0.25) is 4.79 Å². The number of rotatable bonds is 6. The molecule has 0 bridgehead atoms. The Bertz CT molecular complexity index is 905. The Balaban J connectivity index is 1.79. The Morgan fingerprint density at radius 1 is 1.11 bits per heavy atom. The van der Waals surface area contributed by atoms with Crippen LogP contribution in [0, 0.1) is 5.92 Å². The number of nitrogens with zero attached hydrogens (tertiary/aromatic N) is 2. The number of halogens is 1. The van der Waals surface area contributed by atoms with E-state index in [9.17, 15) is 4.79 Å². The molecule has 0 aliphatic heterocycles. The van der Waals surface area contributed by atoms with Crippen molar-refractivity contribution in [3.05, 3.63) is 65.0 Å². The summed E-state index contributed by atoms with van der Waals surface area (Å²) in [7, 11) is 1.61. The van der Waals surface area contributed by atoms with Crippen LogP contribution in [-0.4, -0.2) is 23.2 Å². The maximum absolute atomic E-state index is 12.5. The first-order valence-electron chi connectivity index (χ1n) is 8.52. The fraction of sp³-hybridized carbons (Fsp3) is 0.250. The Morgan fingerprint density at radius 3 is 2.37 bits per heavy atom. The number of carbonyl (C=O) groups excluding carboxylic acids is 1. The van der Waals surface area contributed by atoms with Crippen LogP contribution in [0.5, 0.6) is 5.75 Å². The molecule has 3 aromatic rings. The van der Waals surface area contributed by atoms with Crippen LogP contribution in [0.15, 0.2) is 53.1 Å². The van der Waals surface area contributed by atoms with Crippen LogP contribution < -0.4 is 10.1 Å².